The molecule has 0 radical (unpaired) electrons. The molecule has 0 atom stereocenters. The number of aliphatic carboxylic acids is 1. The van der Waals surface area contributed by atoms with E-state index in [9.17, 15) is 13.2 Å². The van der Waals surface area contributed by atoms with E-state index < -0.39 is 16.0 Å². The van der Waals surface area contributed by atoms with Crippen molar-refractivity contribution in [1.29, 1.82) is 0 Å². The molecule has 1 saturated heterocycles. The molecule has 1 heterocycles. The lowest BCUT2D eigenvalue weighted by Gasteiger charge is -2.32. The monoisotopic (exact) mass is 277 g/mol. The number of carboxylic acids is 1. The van der Waals surface area contributed by atoms with Crippen LogP contribution in [0.1, 0.15) is 40.0 Å². The first kappa shape index (κ1) is 15.4. The molecular formula is C12H23NO4S. The van der Waals surface area contributed by atoms with Crippen LogP contribution >= 0.6 is 0 Å². The summed E-state index contributed by atoms with van der Waals surface area (Å²) in [6.07, 6.45) is 1.44. The molecule has 0 aromatic heterocycles. The molecule has 18 heavy (non-hydrogen) atoms. The Labute approximate surface area is 109 Å². The van der Waals surface area contributed by atoms with Crippen LogP contribution in [0.25, 0.3) is 0 Å². The van der Waals surface area contributed by atoms with Gasteiger partial charge >= 0.3 is 5.97 Å². The lowest BCUT2D eigenvalue weighted by molar-refractivity contribution is -0.138. The Morgan fingerprint density at radius 2 is 1.78 bits per heavy atom. The van der Waals surface area contributed by atoms with Gasteiger partial charge in [0.25, 0.3) is 0 Å². The Kier molecular flexibility index (Phi) is 4.78. The molecule has 0 bridgehead atoms. The van der Waals surface area contributed by atoms with E-state index in [1.165, 1.54) is 4.31 Å². The van der Waals surface area contributed by atoms with Gasteiger partial charge in [0.15, 0.2) is 0 Å². The summed E-state index contributed by atoms with van der Waals surface area (Å²) >= 11 is 0. The number of sulfonamides is 1. The minimum atomic E-state index is -3.21. The molecule has 0 unspecified atom stereocenters. The minimum Gasteiger partial charge on any atom is -0.481 e. The van der Waals surface area contributed by atoms with Crippen molar-refractivity contribution >= 4 is 16.0 Å². The number of nitrogens with zero attached hydrogens (tertiary/aromatic N) is 1. The second kappa shape index (κ2) is 5.57. The SMILES string of the molecule is CC(C)(C)CS(=O)(=O)N1CCC(CC(=O)O)CC1. The quantitative estimate of drug-likeness (QED) is 0.846. The summed E-state index contributed by atoms with van der Waals surface area (Å²) < 4.78 is 25.8. The van der Waals surface area contributed by atoms with Gasteiger partial charge in [-0.2, -0.15) is 0 Å². The van der Waals surface area contributed by atoms with Gasteiger partial charge in [0.2, 0.25) is 10.0 Å². The predicted molar refractivity (Wildman–Crippen MR) is 69.8 cm³/mol. The van der Waals surface area contributed by atoms with E-state index in [-0.39, 0.29) is 23.5 Å². The van der Waals surface area contributed by atoms with Gasteiger partial charge < -0.3 is 5.11 Å². The molecule has 1 rings (SSSR count). The highest BCUT2D eigenvalue weighted by Gasteiger charge is 2.31. The zero-order valence-electron chi connectivity index (χ0n) is 11.3. The Morgan fingerprint density at radius 1 is 1.28 bits per heavy atom. The molecule has 1 aliphatic heterocycles. The molecule has 0 spiro atoms. The van der Waals surface area contributed by atoms with Crippen molar-refractivity contribution in [3.8, 4) is 0 Å². The highest BCUT2D eigenvalue weighted by Crippen LogP contribution is 2.25. The van der Waals surface area contributed by atoms with Crippen LogP contribution in [-0.4, -0.2) is 42.6 Å². The number of piperidine rings is 1. The summed E-state index contributed by atoms with van der Waals surface area (Å²) in [6, 6.07) is 0. The van der Waals surface area contributed by atoms with E-state index in [1.54, 1.807) is 0 Å². The first-order valence-corrected chi connectivity index (χ1v) is 7.91. The maximum Gasteiger partial charge on any atom is 0.303 e. The zero-order chi connectivity index (χ0) is 14.0. The topological polar surface area (TPSA) is 74.7 Å². The lowest BCUT2D eigenvalue weighted by atomic mass is 9.95. The number of hydrogen-bond acceptors (Lipinski definition) is 3. The van der Waals surface area contributed by atoms with Crippen molar-refractivity contribution in [1.82, 2.24) is 4.31 Å². The molecule has 0 amide bonds. The van der Waals surface area contributed by atoms with Crippen LogP contribution in [0.15, 0.2) is 0 Å². The van der Waals surface area contributed by atoms with E-state index >= 15 is 0 Å². The number of rotatable bonds is 4. The summed E-state index contributed by atoms with van der Waals surface area (Å²) in [5, 5.41) is 8.71. The molecule has 0 saturated carbocycles. The first-order chi connectivity index (χ1) is 8.10. The van der Waals surface area contributed by atoms with Crippen molar-refractivity contribution < 1.29 is 18.3 Å². The summed E-state index contributed by atoms with van der Waals surface area (Å²) in [6.45, 7) is 6.62. The van der Waals surface area contributed by atoms with Crippen molar-refractivity contribution in [3.05, 3.63) is 0 Å². The zero-order valence-corrected chi connectivity index (χ0v) is 12.2. The van der Waals surface area contributed by atoms with E-state index in [0.29, 0.717) is 25.9 Å². The van der Waals surface area contributed by atoms with E-state index in [4.69, 9.17) is 5.11 Å². The smallest absolute Gasteiger partial charge is 0.303 e. The average molecular weight is 277 g/mol. The van der Waals surface area contributed by atoms with Crippen molar-refractivity contribution in [2.45, 2.75) is 40.0 Å². The molecule has 5 nitrogen and oxygen atoms in total. The Hall–Kier alpha value is -0.620. The fourth-order valence-corrected chi connectivity index (χ4v) is 4.32. The molecule has 0 aromatic carbocycles. The third kappa shape index (κ3) is 4.94. The van der Waals surface area contributed by atoms with E-state index in [2.05, 4.69) is 0 Å². The van der Waals surface area contributed by atoms with Crippen molar-refractivity contribution in [2.75, 3.05) is 18.8 Å². The van der Waals surface area contributed by atoms with Crippen LogP contribution in [0.5, 0.6) is 0 Å². The number of hydrogen-bond donors (Lipinski definition) is 1. The number of carboxylic acid groups (broad SMARTS) is 1. The highest BCUT2D eigenvalue weighted by molar-refractivity contribution is 7.89. The van der Waals surface area contributed by atoms with Gasteiger partial charge in [-0.3, -0.25) is 4.79 Å². The third-order valence-corrected chi connectivity index (χ3v) is 5.43. The summed E-state index contributed by atoms with van der Waals surface area (Å²) in [5.74, 6) is -0.543. The van der Waals surface area contributed by atoms with E-state index in [0.717, 1.165) is 0 Å². The Balaban J connectivity index is 2.55. The van der Waals surface area contributed by atoms with Crippen LogP contribution in [-0.2, 0) is 14.8 Å². The number of carbonyl (C=O) groups is 1. The maximum atomic E-state index is 12.1. The van der Waals surface area contributed by atoms with E-state index in [1.807, 2.05) is 20.8 Å². The fourth-order valence-electron chi connectivity index (χ4n) is 2.28. The molecule has 1 fully saturated rings. The second-order valence-corrected chi connectivity index (χ2v) is 8.23. The lowest BCUT2D eigenvalue weighted by Crippen LogP contribution is -2.42. The van der Waals surface area contributed by atoms with Crippen LogP contribution in [0, 0.1) is 11.3 Å². The summed E-state index contributed by atoms with van der Waals surface area (Å²) in [7, 11) is -3.21. The van der Waals surface area contributed by atoms with Crippen LogP contribution < -0.4 is 0 Å². The van der Waals surface area contributed by atoms with Crippen LogP contribution in [0.4, 0.5) is 0 Å². The van der Waals surface area contributed by atoms with Crippen LogP contribution in [0.3, 0.4) is 0 Å². The molecule has 0 aliphatic carbocycles. The van der Waals surface area contributed by atoms with Gasteiger partial charge in [-0.15, -0.1) is 0 Å². The van der Waals surface area contributed by atoms with Crippen LogP contribution in [0.2, 0.25) is 0 Å². The van der Waals surface area contributed by atoms with Gasteiger partial charge in [-0.1, -0.05) is 20.8 Å². The average Bonchev–Trinajstić information content (AvgIpc) is 2.13. The summed E-state index contributed by atoms with van der Waals surface area (Å²) in [4.78, 5) is 10.6. The van der Waals surface area contributed by atoms with Gasteiger partial charge in [0.05, 0.1) is 5.75 Å². The molecule has 1 aliphatic rings. The molecule has 106 valence electrons. The molecular weight excluding hydrogens is 254 g/mol. The molecule has 0 aromatic rings. The standard InChI is InChI=1S/C12H23NO4S/c1-12(2,3)9-18(16,17)13-6-4-10(5-7-13)8-11(14)15/h10H,4-9H2,1-3H3,(H,14,15). The molecule has 1 N–H and O–H groups in total. The van der Waals surface area contributed by atoms with Gasteiger partial charge in [-0.05, 0) is 24.2 Å². The van der Waals surface area contributed by atoms with Gasteiger partial charge in [-0.25, -0.2) is 12.7 Å². The van der Waals surface area contributed by atoms with Crippen molar-refractivity contribution in [3.63, 3.8) is 0 Å². The second-order valence-electron chi connectivity index (χ2n) is 6.26. The van der Waals surface area contributed by atoms with Crippen molar-refractivity contribution in [2.24, 2.45) is 11.3 Å². The third-order valence-electron chi connectivity index (χ3n) is 3.05. The predicted octanol–water partition coefficient (Wildman–Crippen LogP) is 1.55. The highest BCUT2D eigenvalue weighted by atomic mass is 32.2. The first-order valence-electron chi connectivity index (χ1n) is 6.30. The normalized spacial score (nSPS) is 19.9. The Bertz CT molecular complexity index is 389. The fraction of sp³-hybridized carbons (Fsp3) is 0.917. The molecule has 6 heteroatoms. The minimum absolute atomic E-state index is 0.114. The summed E-state index contributed by atoms with van der Waals surface area (Å²) in [5.41, 5.74) is -0.253. The maximum absolute atomic E-state index is 12.1. The van der Waals surface area contributed by atoms with Gasteiger partial charge in [0, 0.05) is 19.5 Å². The van der Waals surface area contributed by atoms with Gasteiger partial charge in [0.1, 0.15) is 0 Å². The Morgan fingerprint density at radius 3 is 2.17 bits per heavy atom. The largest absolute Gasteiger partial charge is 0.481 e.